The van der Waals surface area contributed by atoms with Crippen molar-refractivity contribution in [2.45, 2.75) is 6.92 Å². The second-order valence-electron chi connectivity index (χ2n) is 3.88. The van der Waals surface area contributed by atoms with Gasteiger partial charge in [-0.2, -0.15) is 5.26 Å². The van der Waals surface area contributed by atoms with Crippen molar-refractivity contribution in [2.75, 3.05) is 18.5 Å². The Kier molecular flexibility index (Phi) is 4.36. The lowest BCUT2D eigenvalue weighted by Gasteiger charge is -2.20. The molecule has 1 atom stereocenters. The molecule has 0 amide bonds. The first-order chi connectivity index (χ1) is 7.95. The highest BCUT2D eigenvalue weighted by atomic mass is 35.5. The molecule has 17 heavy (non-hydrogen) atoms. The number of aromatic carboxylic acids is 1. The fraction of sp³-hybridized carbons (Fsp3) is 0.333. The maximum atomic E-state index is 10.8. The first-order valence-electron chi connectivity index (χ1n) is 5.09. The normalized spacial score (nSPS) is 11.6. The fourth-order valence-corrected chi connectivity index (χ4v) is 1.73. The molecule has 0 heterocycles. The first-order valence-corrected chi connectivity index (χ1v) is 5.47. The predicted octanol–water partition coefficient (Wildman–Crippen LogP) is 2.63. The molecule has 0 saturated heterocycles. The van der Waals surface area contributed by atoms with Gasteiger partial charge in [-0.25, -0.2) is 4.79 Å². The van der Waals surface area contributed by atoms with Gasteiger partial charge in [0.15, 0.2) is 0 Å². The summed E-state index contributed by atoms with van der Waals surface area (Å²) in [5, 5.41) is 17.8. The van der Waals surface area contributed by atoms with E-state index in [4.69, 9.17) is 22.0 Å². The van der Waals surface area contributed by atoms with Gasteiger partial charge < -0.3 is 10.0 Å². The Morgan fingerprint density at radius 3 is 2.76 bits per heavy atom. The van der Waals surface area contributed by atoms with Gasteiger partial charge in [-0.1, -0.05) is 11.6 Å². The number of nitriles is 1. The standard InChI is InChI=1S/C12H13ClN2O2/c1-8(6-14)7-15(2)9-3-4-10(12(16)17)11(13)5-9/h3-5,8H,7H2,1-2H3,(H,16,17). The summed E-state index contributed by atoms with van der Waals surface area (Å²) in [4.78, 5) is 12.7. The van der Waals surface area contributed by atoms with Crippen molar-refractivity contribution in [1.29, 1.82) is 5.26 Å². The smallest absolute Gasteiger partial charge is 0.337 e. The minimum Gasteiger partial charge on any atom is -0.478 e. The zero-order valence-corrected chi connectivity index (χ0v) is 10.4. The number of carboxylic acids is 1. The molecule has 1 N–H and O–H groups in total. The summed E-state index contributed by atoms with van der Waals surface area (Å²) in [6.45, 7) is 2.39. The summed E-state index contributed by atoms with van der Waals surface area (Å²) < 4.78 is 0. The molecule has 0 aliphatic carbocycles. The minimum absolute atomic E-state index is 0.0807. The zero-order valence-electron chi connectivity index (χ0n) is 9.64. The molecule has 5 heteroatoms. The fourth-order valence-electron chi connectivity index (χ4n) is 1.47. The summed E-state index contributed by atoms with van der Waals surface area (Å²) >= 11 is 5.87. The minimum atomic E-state index is -1.05. The Bertz CT molecular complexity index is 468. The lowest BCUT2D eigenvalue weighted by molar-refractivity contribution is 0.0697. The van der Waals surface area contributed by atoms with E-state index in [2.05, 4.69) is 6.07 Å². The molecule has 1 rings (SSSR count). The quantitative estimate of drug-likeness (QED) is 0.895. The van der Waals surface area contributed by atoms with Crippen molar-refractivity contribution in [1.82, 2.24) is 0 Å². The van der Waals surface area contributed by atoms with E-state index in [1.165, 1.54) is 6.07 Å². The molecule has 1 aromatic rings. The van der Waals surface area contributed by atoms with Gasteiger partial charge in [-0.05, 0) is 25.1 Å². The number of carbonyl (C=O) groups is 1. The molecule has 0 bridgehead atoms. The molecule has 0 aliphatic rings. The summed E-state index contributed by atoms with van der Waals surface area (Å²) in [6, 6.07) is 6.88. The Morgan fingerprint density at radius 2 is 2.29 bits per heavy atom. The Morgan fingerprint density at radius 1 is 1.65 bits per heavy atom. The molecule has 0 aliphatic heterocycles. The lowest BCUT2D eigenvalue weighted by Crippen LogP contribution is -2.23. The maximum absolute atomic E-state index is 10.8. The third-order valence-corrected chi connectivity index (χ3v) is 2.70. The van der Waals surface area contributed by atoms with Gasteiger partial charge in [-0.15, -0.1) is 0 Å². The average molecular weight is 253 g/mol. The number of nitrogens with zero attached hydrogens (tertiary/aromatic N) is 2. The van der Waals surface area contributed by atoms with Gasteiger partial charge in [0.05, 0.1) is 22.6 Å². The van der Waals surface area contributed by atoms with Gasteiger partial charge in [0.2, 0.25) is 0 Å². The molecule has 0 saturated carbocycles. The van der Waals surface area contributed by atoms with Gasteiger partial charge in [0.25, 0.3) is 0 Å². The summed E-state index contributed by atoms with van der Waals surface area (Å²) in [5.41, 5.74) is 0.874. The third kappa shape index (κ3) is 3.36. The number of anilines is 1. The van der Waals surface area contributed by atoms with Crippen molar-refractivity contribution in [3.8, 4) is 6.07 Å². The molecule has 1 unspecified atom stereocenters. The van der Waals surface area contributed by atoms with Crippen LogP contribution in [0.25, 0.3) is 0 Å². The van der Waals surface area contributed by atoms with Crippen LogP contribution in [0.5, 0.6) is 0 Å². The number of hydrogen-bond donors (Lipinski definition) is 1. The van der Waals surface area contributed by atoms with E-state index < -0.39 is 5.97 Å². The van der Waals surface area contributed by atoms with Crippen LogP contribution in [0, 0.1) is 17.2 Å². The second kappa shape index (κ2) is 5.55. The highest BCUT2D eigenvalue weighted by molar-refractivity contribution is 6.33. The molecule has 1 aromatic carbocycles. The molecule has 90 valence electrons. The predicted molar refractivity (Wildman–Crippen MR) is 66.5 cm³/mol. The summed E-state index contributed by atoms with van der Waals surface area (Å²) in [6.07, 6.45) is 0. The van der Waals surface area contributed by atoms with E-state index >= 15 is 0 Å². The van der Waals surface area contributed by atoms with Gasteiger partial charge in [-0.3, -0.25) is 0 Å². The van der Waals surface area contributed by atoms with Crippen molar-refractivity contribution in [2.24, 2.45) is 5.92 Å². The zero-order chi connectivity index (χ0) is 13.0. The van der Waals surface area contributed by atoms with E-state index in [9.17, 15) is 4.79 Å². The van der Waals surface area contributed by atoms with E-state index in [0.717, 1.165) is 5.69 Å². The molecule has 4 nitrogen and oxygen atoms in total. The van der Waals surface area contributed by atoms with Crippen LogP contribution >= 0.6 is 11.6 Å². The van der Waals surface area contributed by atoms with E-state index in [0.29, 0.717) is 6.54 Å². The van der Waals surface area contributed by atoms with Crippen LogP contribution in [-0.4, -0.2) is 24.7 Å². The van der Waals surface area contributed by atoms with Crippen LogP contribution in [0.1, 0.15) is 17.3 Å². The van der Waals surface area contributed by atoms with Gasteiger partial charge in [0, 0.05) is 19.3 Å². The number of hydrogen-bond acceptors (Lipinski definition) is 3. The van der Waals surface area contributed by atoms with Crippen LogP contribution < -0.4 is 4.90 Å². The highest BCUT2D eigenvalue weighted by Gasteiger charge is 2.11. The van der Waals surface area contributed by atoms with Crippen molar-refractivity contribution in [3.05, 3.63) is 28.8 Å². The number of carboxylic acid groups (broad SMARTS) is 1. The van der Waals surface area contributed by atoms with Crippen LogP contribution in [0.3, 0.4) is 0 Å². The SMILES string of the molecule is CC(C#N)CN(C)c1ccc(C(=O)O)c(Cl)c1. The van der Waals surface area contributed by atoms with Crippen molar-refractivity contribution in [3.63, 3.8) is 0 Å². The molecule has 0 fully saturated rings. The van der Waals surface area contributed by atoms with E-state index in [1.54, 1.807) is 12.1 Å². The summed E-state index contributed by atoms with van der Waals surface area (Å²) in [5.74, 6) is -1.15. The number of rotatable bonds is 4. The van der Waals surface area contributed by atoms with E-state index in [1.807, 2.05) is 18.9 Å². The first kappa shape index (κ1) is 13.3. The van der Waals surface area contributed by atoms with Crippen LogP contribution in [0.15, 0.2) is 18.2 Å². The van der Waals surface area contributed by atoms with Gasteiger partial charge in [0.1, 0.15) is 0 Å². The van der Waals surface area contributed by atoms with Crippen molar-refractivity contribution < 1.29 is 9.90 Å². The average Bonchev–Trinajstić information content (AvgIpc) is 2.28. The molecule has 0 spiro atoms. The highest BCUT2D eigenvalue weighted by Crippen LogP contribution is 2.23. The van der Waals surface area contributed by atoms with Crippen LogP contribution in [-0.2, 0) is 0 Å². The Hall–Kier alpha value is -1.73. The second-order valence-corrected chi connectivity index (χ2v) is 4.29. The topological polar surface area (TPSA) is 64.3 Å². The monoisotopic (exact) mass is 252 g/mol. The van der Waals surface area contributed by atoms with E-state index in [-0.39, 0.29) is 16.5 Å². The third-order valence-electron chi connectivity index (χ3n) is 2.39. The molecular formula is C12H13ClN2O2. The lowest BCUT2D eigenvalue weighted by atomic mass is 10.1. The molecule has 0 aromatic heterocycles. The maximum Gasteiger partial charge on any atom is 0.337 e. The number of benzene rings is 1. The molecule has 0 radical (unpaired) electrons. The van der Waals surface area contributed by atoms with Gasteiger partial charge >= 0.3 is 5.97 Å². The largest absolute Gasteiger partial charge is 0.478 e. The van der Waals surface area contributed by atoms with Crippen LogP contribution in [0.2, 0.25) is 5.02 Å². The Labute approximate surface area is 105 Å². The molecular weight excluding hydrogens is 240 g/mol. The Balaban J connectivity index is 2.90. The van der Waals surface area contributed by atoms with Crippen molar-refractivity contribution >= 4 is 23.3 Å². The summed E-state index contributed by atoms with van der Waals surface area (Å²) in [7, 11) is 1.83. The number of halogens is 1. The van der Waals surface area contributed by atoms with Crippen LogP contribution in [0.4, 0.5) is 5.69 Å².